The summed E-state index contributed by atoms with van der Waals surface area (Å²) >= 11 is 1.88. The number of carbonyl (C=O) groups excluding carboxylic acids is 1. The van der Waals surface area contributed by atoms with Crippen LogP contribution in [0.25, 0.3) is 0 Å². The first kappa shape index (κ1) is 14.2. The lowest BCUT2D eigenvalue weighted by atomic mass is 9.89. The van der Waals surface area contributed by atoms with Crippen LogP contribution in [-0.2, 0) is 4.79 Å². The molecule has 0 saturated carbocycles. The Morgan fingerprint density at radius 2 is 2.00 bits per heavy atom. The molecular weight excluding hydrogens is 244 g/mol. The third-order valence-corrected chi connectivity index (χ3v) is 4.84. The molecule has 2 fully saturated rings. The molecule has 104 valence electrons. The molecule has 1 amide bonds. The SMILES string of the molecule is CSCCCCNC(=O)CC1CC2CCC(C1)N2. The number of nitrogens with one attached hydrogen (secondary N) is 2. The zero-order chi connectivity index (χ0) is 12.8. The van der Waals surface area contributed by atoms with E-state index in [1.54, 1.807) is 0 Å². The molecule has 3 nitrogen and oxygen atoms in total. The number of unbranched alkanes of at least 4 members (excludes halogenated alkanes) is 1. The van der Waals surface area contributed by atoms with Crippen molar-refractivity contribution in [3.63, 3.8) is 0 Å². The van der Waals surface area contributed by atoms with Gasteiger partial charge in [-0.2, -0.15) is 11.8 Å². The fraction of sp³-hybridized carbons (Fsp3) is 0.929. The number of carbonyl (C=O) groups is 1. The lowest BCUT2D eigenvalue weighted by Gasteiger charge is -2.28. The number of rotatable bonds is 7. The van der Waals surface area contributed by atoms with Crippen LogP contribution in [0, 0.1) is 5.92 Å². The Kier molecular flexibility index (Phi) is 5.83. The first-order valence-electron chi connectivity index (χ1n) is 7.29. The Balaban J connectivity index is 1.57. The summed E-state index contributed by atoms with van der Waals surface area (Å²) in [4.78, 5) is 11.8. The normalized spacial score (nSPS) is 30.4. The predicted octanol–water partition coefficient (Wildman–Crippen LogP) is 2.17. The van der Waals surface area contributed by atoms with Crippen LogP contribution < -0.4 is 10.6 Å². The van der Waals surface area contributed by atoms with Crippen molar-refractivity contribution in [2.75, 3.05) is 18.6 Å². The van der Waals surface area contributed by atoms with Gasteiger partial charge in [-0.3, -0.25) is 4.79 Å². The number of thioether (sulfide) groups is 1. The third kappa shape index (κ3) is 4.47. The average Bonchev–Trinajstić information content (AvgIpc) is 2.68. The maximum absolute atomic E-state index is 11.8. The van der Waals surface area contributed by atoms with Gasteiger partial charge in [0.2, 0.25) is 5.91 Å². The predicted molar refractivity (Wildman–Crippen MR) is 77.9 cm³/mol. The van der Waals surface area contributed by atoms with E-state index >= 15 is 0 Å². The minimum Gasteiger partial charge on any atom is -0.356 e. The molecule has 0 spiro atoms. The third-order valence-electron chi connectivity index (χ3n) is 4.14. The number of amides is 1. The smallest absolute Gasteiger partial charge is 0.220 e. The molecule has 2 atom stereocenters. The monoisotopic (exact) mass is 270 g/mol. The first-order valence-corrected chi connectivity index (χ1v) is 8.69. The summed E-state index contributed by atoms with van der Waals surface area (Å²) in [5, 5.41) is 6.70. The molecule has 2 saturated heterocycles. The van der Waals surface area contributed by atoms with Gasteiger partial charge in [-0.15, -0.1) is 0 Å². The highest BCUT2D eigenvalue weighted by Crippen LogP contribution is 2.32. The zero-order valence-corrected chi connectivity index (χ0v) is 12.2. The van der Waals surface area contributed by atoms with Crippen molar-refractivity contribution >= 4 is 17.7 Å². The topological polar surface area (TPSA) is 41.1 Å². The van der Waals surface area contributed by atoms with Crippen LogP contribution in [0.4, 0.5) is 0 Å². The van der Waals surface area contributed by atoms with Gasteiger partial charge in [0.25, 0.3) is 0 Å². The highest BCUT2D eigenvalue weighted by atomic mass is 32.2. The van der Waals surface area contributed by atoms with Gasteiger partial charge in [-0.1, -0.05) is 0 Å². The molecule has 4 heteroatoms. The molecule has 18 heavy (non-hydrogen) atoms. The Morgan fingerprint density at radius 1 is 1.28 bits per heavy atom. The standard InChI is InChI=1S/C14H26N2OS/c1-18-7-3-2-6-15-14(17)10-11-8-12-4-5-13(9-11)16-12/h11-13,16H,2-10H2,1H3,(H,15,17). The van der Waals surface area contributed by atoms with E-state index in [0.29, 0.717) is 18.0 Å². The molecule has 2 N–H and O–H groups in total. The fourth-order valence-corrected chi connectivity index (χ4v) is 3.77. The van der Waals surface area contributed by atoms with Gasteiger partial charge in [0.1, 0.15) is 0 Å². The highest BCUT2D eigenvalue weighted by molar-refractivity contribution is 7.98. The molecule has 0 aliphatic carbocycles. The largest absolute Gasteiger partial charge is 0.356 e. The van der Waals surface area contributed by atoms with Gasteiger partial charge in [0.05, 0.1) is 0 Å². The molecule has 0 aromatic heterocycles. The summed E-state index contributed by atoms with van der Waals surface area (Å²) < 4.78 is 0. The van der Waals surface area contributed by atoms with E-state index in [4.69, 9.17) is 0 Å². The maximum Gasteiger partial charge on any atom is 0.220 e. The van der Waals surface area contributed by atoms with Crippen LogP contribution in [0.1, 0.15) is 44.9 Å². The van der Waals surface area contributed by atoms with Crippen molar-refractivity contribution in [1.29, 1.82) is 0 Å². The minimum atomic E-state index is 0.269. The highest BCUT2D eigenvalue weighted by Gasteiger charge is 2.33. The summed E-state index contributed by atoms with van der Waals surface area (Å²) in [7, 11) is 0. The van der Waals surface area contributed by atoms with E-state index in [0.717, 1.165) is 19.4 Å². The first-order chi connectivity index (χ1) is 8.78. The summed E-state index contributed by atoms with van der Waals surface area (Å²) in [6.45, 7) is 0.858. The van der Waals surface area contributed by atoms with Crippen LogP contribution in [0.2, 0.25) is 0 Å². The fourth-order valence-electron chi connectivity index (χ4n) is 3.28. The van der Waals surface area contributed by atoms with E-state index < -0.39 is 0 Å². The van der Waals surface area contributed by atoms with Crippen LogP contribution in [-0.4, -0.2) is 36.5 Å². The molecule has 0 radical (unpaired) electrons. The molecule has 2 bridgehead atoms. The van der Waals surface area contributed by atoms with Gasteiger partial charge in [0, 0.05) is 25.0 Å². The molecule has 2 heterocycles. The Bertz CT molecular complexity index is 261. The minimum absolute atomic E-state index is 0.269. The van der Waals surface area contributed by atoms with Crippen molar-refractivity contribution in [3.05, 3.63) is 0 Å². The second kappa shape index (κ2) is 7.39. The van der Waals surface area contributed by atoms with Crippen molar-refractivity contribution in [2.24, 2.45) is 5.92 Å². The van der Waals surface area contributed by atoms with Gasteiger partial charge < -0.3 is 10.6 Å². The molecule has 2 aliphatic rings. The quantitative estimate of drug-likeness (QED) is 0.697. The van der Waals surface area contributed by atoms with E-state index in [2.05, 4.69) is 16.9 Å². The summed E-state index contributed by atoms with van der Waals surface area (Å²) in [6, 6.07) is 1.39. The van der Waals surface area contributed by atoms with E-state index in [1.807, 2.05) is 11.8 Å². The van der Waals surface area contributed by atoms with Crippen LogP contribution in [0.5, 0.6) is 0 Å². The van der Waals surface area contributed by atoms with E-state index in [1.165, 1.54) is 37.9 Å². The number of hydrogen-bond donors (Lipinski definition) is 2. The molecule has 2 aliphatic heterocycles. The van der Waals surface area contributed by atoms with Crippen LogP contribution >= 0.6 is 11.8 Å². The molecular formula is C14H26N2OS. The molecule has 0 aromatic carbocycles. The van der Waals surface area contributed by atoms with Crippen molar-refractivity contribution in [1.82, 2.24) is 10.6 Å². The van der Waals surface area contributed by atoms with Crippen LogP contribution in [0.3, 0.4) is 0 Å². The number of piperidine rings is 1. The van der Waals surface area contributed by atoms with Crippen molar-refractivity contribution < 1.29 is 4.79 Å². The average molecular weight is 270 g/mol. The molecule has 2 unspecified atom stereocenters. The Hall–Kier alpha value is -0.220. The maximum atomic E-state index is 11.8. The lowest BCUT2D eigenvalue weighted by molar-refractivity contribution is -0.122. The van der Waals surface area contributed by atoms with E-state index in [-0.39, 0.29) is 5.91 Å². The summed E-state index contributed by atoms with van der Waals surface area (Å²) in [6.07, 6.45) is 10.2. The molecule has 0 aromatic rings. The summed E-state index contributed by atoms with van der Waals surface area (Å²) in [5.74, 6) is 2.09. The van der Waals surface area contributed by atoms with Gasteiger partial charge in [-0.25, -0.2) is 0 Å². The van der Waals surface area contributed by atoms with Crippen molar-refractivity contribution in [3.8, 4) is 0 Å². The Labute approximate surface area is 115 Å². The van der Waals surface area contributed by atoms with Gasteiger partial charge in [0.15, 0.2) is 0 Å². The zero-order valence-electron chi connectivity index (χ0n) is 11.4. The van der Waals surface area contributed by atoms with E-state index in [9.17, 15) is 4.79 Å². The summed E-state index contributed by atoms with van der Waals surface area (Å²) in [5.41, 5.74) is 0. The Morgan fingerprint density at radius 3 is 2.67 bits per heavy atom. The number of hydrogen-bond acceptors (Lipinski definition) is 3. The van der Waals surface area contributed by atoms with Crippen molar-refractivity contribution in [2.45, 2.75) is 57.0 Å². The number of fused-ring (bicyclic) bond motifs is 2. The van der Waals surface area contributed by atoms with Gasteiger partial charge in [-0.05, 0) is 56.5 Å². The molecule has 2 rings (SSSR count). The van der Waals surface area contributed by atoms with Gasteiger partial charge >= 0.3 is 0 Å². The van der Waals surface area contributed by atoms with Crippen LogP contribution in [0.15, 0.2) is 0 Å². The lowest BCUT2D eigenvalue weighted by Crippen LogP contribution is -2.39. The second-order valence-corrected chi connectivity index (χ2v) is 6.71. The second-order valence-electron chi connectivity index (χ2n) is 5.73.